The molecule has 26 heavy (non-hydrogen) atoms. The summed E-state index contributed by atoms with van der Waals surface area (Å²) < 4.78 is 3.01. The molecule has 0 saturated carbocycles. The fourth-order valence-electron chi connectivity index (χ4n) is 2.67. The zero-order chi connectivity index (χ0) is 18.8. The molecule has 2 aromatic heterocycles. The first-order valence-electron chi connectivity index (χ1n) is 8.20. The average molecular weight is 392 g/mol. The highest BCUT2D eigenvalue weighted by molar-refractivity contribution is 6.33. The van der Waals surface area contributed by atoms with Gasteiger partial charge in [0.2, 0.25) is 0 Å². The van der Waals surface area contributed by atoms with E-state index in [0.717, 1.165) is 23.2 Å². The van der Waals surface area contributed by atoms with Gasteiger partial charge in [-0.05, 0) is 31.0 Å². The molecule has 0 fully saturated rings. The molecule has 2 heterocycles. The summed E-state index contributed by atoms with van der Waals surface area (Å²) in [6, 6.07) is 5.31. The van der Waals surface area contributed by atoms with E-state index in [4.69, 9.17) is 23.2 Å². The minimum absolute atomic E-state index is 0.0821. The summed E-state index contributed by atoms with van der Waals surface area (Å²) >= 11 is 12.4. The van der Waals surface area contributed by atoms with E-state index in [1.165, 1.54) is 4.68 Å². The molecule has 6 nitrogen and oxygen atoms in total. The number of halogens is 2. The van der Waals surface area contributed by atoms with Crippen LogP contribution in [0.15, 0.2) is 35.4 Å². The van der Waals surface area contributed by atoms with Gasteiger partial charge in [0.15, 0.2) is 0 Å². The molecule has 0 aliphatic heterocycles. The second-order valence-electron chi connectivity index (χ2n) is 6.00. The SMILES string of the molecule is CCc1nn(C)cc1CNc1cnn(-c2ccc(C)c(Cl)c2)c(=O)c1Cl. The highest BCUT2D eigenvalue weighted by Gasteiger charge is 2.13. The van der Waals surface area contributed by atoms with E-state index < -0.39 is 5.56 Å². The molecule has 3 aromatic rings. The fourth-order valence-corrected chi connectivity index (χ4v) is 3.04. The fraction of sp³-hybridized carbons (Fsp3) is 0.278. The van der Waals surface area contributed by atoms with Crippen molar-refractivity contribution in [3.8, 4) is 5.69 Å². The van der Waals surface area contributed by atoms with Crippen LogP contribution < -0.4 is 10.9 Å². The van der Waals surface area contributed by atoms with E-state index in [9.17, 15) is 4.79 Å². The number of benzene rings is 1. The third-order valence-electron chi connectivity index (χ3n) is 4.11. The van der Waals surface area contributed by atoms with Gasteiger partial charge in [-0.2, -0.15) is 14.9 Å². The topological polar surface area (TPSA) is 64.7 Å². The summed E-state index contributed by atoms with van der Waals surface area (Å²) in [7, 11) is 1.88. The Bertz CT molecular complexity index is 1010. The molecule has 0 radical (unpaired) electrons. The third-order valence-corrected chi connectivity index (χ3v) is 4.89. The minimum atomic E-state index is -0.404. The maximum atomic E-state index is 12.6. The molecule has 0 bridgehead atoms. The van der Waals surface area contributed by atoms with Gasteiger partial charge in [0.05, 0.1) is 23.3 Å². The molecule has 136 valence electrons. The van der Waals surface area contributed by atoms with Gasteiger partial charge in [-0.1, -0.05) is 36.2 Å². The normalized spacial score (nSPS) is 11.0. The van der Waals surface area contributed by atoms with Gasteiger partial charge in [-0.25, -0.2) is 0 Å². The number of nitrogens with one attached hydrogen (secondary N) is 1. The molecule has 0 aliphatic rings. The van der Waals surface area contributed by atoms with Crippen molar-refractivity contribution in [1.82, 2.24) is 19.6 Å². The Labute approximate surface area is 161 Å². The molecule has 0 spiro atoms. The monoisotopic (exact) mass is 391 g/mol. The van der Waals surface area contributed by atoms with Gasteiger partial charge in [0, 0.05) is 30.4 Å². The van der Waals surface area contributed by atoms with Crippen LogP contribution in [-0.2, 0) is 20.0 Å². The van der Waals surface area contributed by atoms with Crippen LogP contribution in [0.25, 0.3) is 5.69 Å². The molecule has 8 heteroatoms. The van der Waals surface area contributed by atoms with Crippen LogP contribution in [-0.4, -0.2) is 19.6 Å². The third kappa shape index (κ3) is 3.61. The largest absolute Gasteiger partial charge is 0.378 e. The van der Waals surface area contributed by atoms with E-state index in [0.29, 0.717) is 22.9 Å². The van der Waals surface area contributed by atoms with E-state index >= 15 is 0 Å². The van der Waals surface area contributed by atoms with Gasteiger partial charge in [0.1, 0.15) is 5.02 Å². The predicted octanol–water partition coefficient (Wildman–Crippen LogP) is 3.76. The van der Waals surface area contributed by atoms with Crippen molar-refractivity contribution in [1.29, 1.82) is 0 Å². The van der Waals surface area contributed by atoms with Gasteiger partial charge < -0.3 is 5.32 Å². The Hall–Kier alpha value is -2.31. The zero-order valence-electron chi connectivity index (χ0n) is 14.8. The maximum absolute atomic E-state index is 12.6. The van der Waals surface area contributed by atoms with Gasteiger partial charge in [-0.15, -0.1) is 0 Å². The van der Waals surface area contributed by atoms with E-state index in [1.54, 1.807) is 23.0 Å². The molecule has 0 unspecified atom stereocenters. The Morgan fingerprint density at radius 1 is 1.27 bits per heavy atom. The average Bonchev–Trinajstić information content (AvgIpc) is 2.98. The summed E-state index contributed by atoms with van der Waals surface area (Å²) in [5.41, 5.74) is 3.64. The van der Waals surface area contributed by atoms with Crippen LogP contribution in [0.3, 0.4) is 0 Å². The van der Waals surface area contributed by atoms with Crippen LogP contribution in [0.2, 0.25) is 10.0 Å². The highest BCUT2D eigenvalue weighted by Crippen LogP contribution is 2.21. The van der Waals surface area contributed by atoms with E-state index in [-0.39, 0.29) is 5.02 Å². The second-order valence-corrected chi connectivity index (χ2v) is 6.79. The van der Waals surface area contributed by atoms with E-state index in [1.807, 2.05) is 33.2 Å². The Kier molecular flexibility index (Phi) is 5.34. The molecule has 1 aromatic carbocycles. The van der Waals surface area contributed by atoms with Crippen LogP contribution in [0.5, 0.6) is 0 Å². The van der Waals surface area contributed by atoms with Crippen molar-refractivity contribution >= 4 is 28.9 Å². The summed E-state index contributed by atoms with van der Waals surface area (Å²) in [6.07, 6.45) is 4.32. The number of aromatic nitrogens is 4. The molecular formula is C18H19Cl2N5O. The first-order chi connectivity index (χ1) is 12.4. The first kappa shape index (κ1) is 18.5. The lowest BCUT2D eigenvalue weighted by molar-refractivity contribution is 0.746. The quantitative estimate of drug-likeness (QED) is 0.718. The zero-order valence-corrected chi connectivity index (χ0v) is 16.3. The Morgan fingerprint density at radius 3 is 2.73 bits per heavy atom. The number of rotatable bonds is 5. The lowest BCUT2D eigenvalue weighted by Crippen LogP contribution is -2.22. The van der Waals surface area contributed by atoms with Crippen molar-refractivity contribution in [3.05, 3.63) is 67.8 Å². The summed E-state index contributed by atoms with van der Waals surface area (Å²) in [4.78, 5) is 12.6. The number of hydrogen-bond donors (Lipinski definition) is 1. The minimum Gasteiger partial charge on any atom is -0.378 e. The smallest absolute Gasteiger partial charge is 0.292 e. The molecule has 0 aliphatic carbocycles. The van der Waals surface area contributed by atoms with Crippen LogP contribution in [0.4, 0.5) is 5.69 Å². The highest BCUT2D eigenvalue weighted by atomic mass is 35.5. The van der Waals surface area contributed by atoms with Crippen molar-refractivity contribution in [2.45, 2.75) is 26.8 Å². The van der Waals surface area contributed by atoms with Crippen molar-refractivity contribution < 1.29 is 0 Å². The van der Waals surface area contributed by atoms with Crippen molar-refractivity contribution in [2.24, 2.45) is 7.05 Å². The summed E-state index contributed by atoms with van der Waals surface area (Å²) in [5, 5.41) is 12.4. The predicted molar refractivity (Wildman–Crippen MR) is 105 cm³/mol. The van der Waals surface area contributed by atoms with Gasteiger partial charge in [0.25, 0.3) is 5.56 Å². The molecular weight excluding hydrogens is 373 g/mol. The molecule has 0 amide bonds. The van der Waals surface area contributed by atoms with Crippen molar-refractivity contribution in [3.63, 3.8) is 0 Å². The number of nitrogens with zero attached hydrogens (tertiary/aromatic N) is 4. The summed E-state index contributed by atoms with van der Waals surface area (Å²) in [5.74, 6) is 0. The maximum Gasteiger partial charge on any atom is 0.292 e. The summed E-state index contributed by atoms with van der Waals surface area (Å²) in [6.45, 7) is 4.46. The molecule has 3 rings (SSSR count). The molecule has 0 saturated heterocycles. The lowest BCUT2D eigenvalue weighted by Gasteiger charge is -2.11. The Balaban J connectivity index is 1.87. The number of anilines is 1. The lowest BCUT2D eigenvalue weighted by atomic mass is 10.2. The van der Waals surface area contributed by atoms with Gasteiger partial charge in [-0.3, -0.25) is 9.48 Å². The van der Waals surface area contributed by atoms with Crippen LogP contribution in [0, 0.1) is 6.92 Å². The second kappa shape index (κ2) is 7.51. The van der Waals surface area contributed by atoms with Crippen molar-refractivity contribution in [2.75, 3.05) is 5.32 Å². The van der Waals surface area contributed by atoms with E-state index in [2.05, 4.69) is 15.5 Å². The van der Waals surface area contributed by atoms with Crippen LogP contribution >= 0.6 is 23.2 Å². The standard InChI is InChI=1S/C18H19Cl2N5O/c1-4-15-12(10-24(3)23-15)8-21-16-9-22-25(18(26)17(16)20)13-6-5-11(2)14(19)7-13/h5-7,9-10,21H,4,8H2,1-3H3. The van der Waals surface area contributed by atoms with Gasteiger partial charge >= 0.3 is 0 Å². The molecule has 0 atom stereocenters. The Morgan fingerprint density at radius 2 is 2.04 bits per heavy atom. The number of aryl methyl sites for hydroxylation is 3. The number of hydrogen-bond acceptors (Lipinski definition) is 4. The first-order valence-corrected chi connectivity index (χ1v) is 8.96. The van der Waals surface area contributed by atoms with Crippen LogP contribution in [0.1, 0.15) is 23.7 Å². The molecule has 1 N–H and O–H groups in total.